The van der Waals surface area contributed by atoms with Gasteiger partial charge in [0.25, 0.3) is 0 Å². The predicted octanol–water partition coefficient (Wildman–Crippen LogP) is 3.89. The number of carbonyl (C=O) groups excluding carboxylic acids is 2. The average Bonchev–Trinajstić information content (AvgIpc) is 3.13. The zero-order valence-electron chi connectivity index (χ0n) is 15.1. The van der Waals surface area contributed by atoms with Crippen LogP contribution in [0.3, 0.4) is 0 Å². The molecule has 2 aromatic carbocycles. The molecule has 0 aliphatic carbocycles. The normalized spacial score (nSPS) is 10.6. The fourth-order valence-corrected chi connectivity index (χ4v) is 3.00. The lowest BCUT2D eigenvalue weighted by molar-refractivity contribution is -0.114. The number of nitrogens with one attached hydrogen (secondary N) is 3. The van der Waals surface area contributed by atoms with Crippen LogP contribution in [0.1, 0.15) is 22.8 Å². The van der Waals surface area contributed by atoms with Crippen LogP contribution in [0.2, 0.25) is 0 Å². The average molecular weight is 371 g/mol. The summed E-state index contributed by atoms with van der Waals surface area (Å²) in [4.78, 5) is 35.8. The van der Waals surface area contributed by atoms with E-state index in [0.29, 0.717) is 33.7 Å². The molecule has 0 unspecified atom stereocenters. The number of anilines is 3. The van der Waals surface area contributed by atoms with Gasteiger partial charge in [-0.2, -0.15) is 0 Å². The number of amides is 1. The van der Waals surface area contributed by atoms with Crippen LogP contribution in [-0.4, -0.2) is 26.6 Å². The number of carbonyl (C=O) groups is 2. The fraction of sp³-hybridized carbons (Fsp3) is 0.0476. The number of aromatic amines is 1. The molecule has 0 fully saturated rings. The molecule has 0 aliphatic rings. The monoisotopic (exact) mass is 371 g/mol. The lowest BCUT2D eigenvalue weighted by Crippen LogP contribution is -2.06. The highest BCUT2D eigenvalue weighted by Gasteiger charge is 2.18. The first-order valence-electron chi connectivity index (χ1n) is 8.68. The summed E-state index contributed by atoms with van der Waals surface area (Å²) in [6.45, 7) is 1.45. The van der Waals surface area contributed by atoms with Crippen molar-refractivity contribution < 1.29 is 9.59 Å². The van der Waals surface area contributed by atoms with Gasteiger partial charge in [0.05, 0.1) is 10.9 Å². The highest BCUT2D eigenvalue weighted by Crippen LogP contribution is 2.28. The highest BCUT2D eigenvalue weighted by molar-refractivity contribution is 6.18. The summed E-state index contributed by atoms with van der Waals surface area (Å²) in [5.41, 5.74) is 3.03. The van der Waals surface area contributed by atoms with Crippen LogP contribution in [0.15, 0.2) is 67.1 Å². The molecule has 2 heterocycles. The Morgan fingerprint density at radius 2 is 1.75 bits per heavy atom. The van der Waals surface area contributed by atoms with Gasteiger partial charge in [-0.05, 0) is 18.2 Å². The summed E-state index contributed by atoms with van der Waals surface area (Å²) in [5.74, 6) is 0.241. The van der Waals surface area contributed by atoms with Crippen molar-refractivity contribution in [3.63, 3.8) is 0 Å². The van der Waals surface area contributed by atoms with Crippen molar-refractivity contribution in [2.75, 3.05) is 10.6 Å². The maximum absolute atomic E-state index is 13.0. The summed E-state index contributed by atoms with van der Waals surface area (Å²) in [6, 6.07) is 16.3. The SMILES string of the molecule is CC(=O)Nc1cccc(Nc2ncnc3[nH]cc(C(=O)c4ccccc4)c23)c1. The maximum Gasteiger partial charge on any atom is 0.221 e. The minimum Gasteiger partial charge on any atom is -0.345 e. The topological polar surface area (TPSA) is 99.8 Å². The Balaban J connectivity index is 1.73. The zero-order valence-corrected chi connectivity index (χ0v) is 15.1. The minimum absolute atomic E-state index is 0.114. The van der Waals surface area contributed by atoms with Gasteiger partial charge in [0, 0.05) is 30.1 Å². The van der Waals surface area contributed by atoms with Gasteiger partial charge in [0.15, 0.2) is 5.78 Å². The van der Waals surface area contributed by atoms with Crippen LogP contribution in [-0.2, 0) is 4.79 Å². The number of ketones is 1. The predicted molar refractivity (Wildman–Crippen MR) is 108 cm³/mol. The van der Waals surface area contributed by atoms with E-state index < -0.39 is 0 Å². The van der Waals surface area contributed by atoms with E-state index in [9.17, 15) is 9.59 Å². The molecule has 28 heavy (non-hydrogen) atoms. The Labute approximate surface area is 160 Å². The van der Waals surface area contributed by atoms with Crippen molar-refractivity contribution in [2.45, 2.75) is 6.92 Å². The zero-order chi connectivity index (χ0) is 19.5. The van der Waals surface area contributed by atoms with E-state index >= 15 is 0 Å². The quantitative estimate of drug-likeness (QED) is 0.462. The van der Waals surface area contributed by atoms with Crippen LogP contribution >= 0.6 is 0 Å². The highest BCUT2D eigenvalue weighted by atomic mass is 16.1. The number of H-pyrrole nitrogens is 1. The molecular formula is C21H17N5O2. The van der Waals surface area contributed by atoms with Gasteiger partial charge in [-0.3, -0.25) is 9.59 Å². The van der Waals surface area contributed by atoms with Crippen molar-refractivity contribution in [1.82, 2.24) is 15.0 Å². The van der Waals surface area contributed by atoms with Gasteiger partial charge < -0.3 is 15.6 Å². The summed E-state index contributed by atoms with van der Waals surface area (Å²) in [5, 5.41) is 6.57. The van der Waals surface area contributed by atoms with Crippen LogP contribution in [0.25, 0.3) is 11.0 Å². The third-order valence-electron chi connectivity index (χ3n) is 4.20. The smallest absolute Gasteiger partial charge is 0.221 e. The molecule has 0 atom stereocenters. The molecule has 4 rings (SSSR count). The number of nitrogens with zero attached hydrogens (tertiary/aromatic N) is 2. The van der Waals surface area contributed by atoms with Crippen molar-refractivity contribution >= 4 is 39.9 Å². The molecular weight excluding hydrogens is 354 g/mol. The number of hydrogen-bond donors (Lipinski definition) is 3. The first-order chi connectivity index (χ1) is 13.6. The largest absolute Gasteiger partial charge is 0.345 e. The van der Waals surface area contributed by atoms with Gasteiger partial charge in [0.1, 0.15) is 17.8 Å². The second-order valence-corrected chi connectivity index (χ2v) is 6.23. The third-order valence-corrected chi connectivity index (χ3v) is 4.20. The number of fused-ring (bicyclic) bond motifs is 1. The van der Waals surface area contributed by atoms with E-state index in [1.807, 2.05) is 30.3 Å². The van der Waals surface area contributed by atoms with E-state index in [2.05, 4.69) is 25.6 Å². The lowest BCUT2D eigenvalue weighted by atomic mass is 10.0. The van der Waals surface area contributed by atoms with Crippen LogP contribution < -0.4 is 10.6 Å². The lowest BCUT2D eigenvalue weighted by Gasteiger charge is -2.10. The summed E-state index contributed by atoms with van der Waals surface area (Å²) in [6.07, 6.45) is 3.07. The number of rotatable bonds is 5. The second kappa shape index (κ2) is 7.32. The molecule has 0 spiro atoms. The second-order valence-electron chi connectivity index (χ2n) is 6.23. The van der Waals surface area contributed by atoms with Crippen molar-refractivity contribution in [2.24, 2.45) is 0 Å². The molecule has 7 nitrogen and oxygen atoms in total. The molecule has 138 valence electrons. The summed E-state index contributed by atoms with van der Waals surface area (Å²) >= 11 is 0. The first-order valence-corrected chi connectivity index (χ1v) is 8.68. The summed E-state index contributed by atoms with van der Waals surface area (Å²) in [7, 11) is 0. The molecule has 7 heteroatoms. The van der Waals surface area contributed by atoms with E-state index in [1.54, 1.807) is 30.5 Å². The Hall–Kier alpha value is -4.00. The van der Waals surface area contributed by atoms with E-state index in [0.717, 1.165) is 5.69 Å². The van der Waals surface area contributed by atoms with Gasteiger partial charge in [-0.15, -0.1) is 0 Å². The molecule has 0 saturated heterocycles. The fourth-order valence-electron chi connectivity index (χ4n) is 3.00. The Morgan fingerprint density at radius 1 is 0.964 bits per heavy atom. The molecule has 4 aromatic rings. The summed E-state index contributed by atoms with van der Waals surface area (Å²) < 4.78 is 0. The van der Waals surface area contributed by atoms with Gasteiger partial charge in [-0.1, -0.05) is 36.4 Å². The minimum atomic E-state index is -0.150. The van der Waals surface area contributed by atoms with Crippen molar-refractivity contribution in [1.29, 1.82) is 0 Å². The number of hydrogen-bond acceptors (Lipinski definition) is 5. The van der Waals surface area contributed by atoms with Crippen molar-refractivity contribution in [3.8, 4) is 0 Å². The van der Waals surface area contributed by atoms with Crippen LogP contribution in [0.4, 0.5) is 17.2 Å². The Morgan fingerprint density at radius 3 is 2.54 bits per heavy atom. The Kier molecular flexibility index (Phi) is 4.55. The van der Waals surface area contributed by atoms with Gasteiger partial charge in [-0.25, -0.2) is 9.97 Å². The molecule has 0 saturated carbocycles. The number of aromatic nitrogens is 3. The standard InChI is InChI=1S/C21H17N5O2/c1-13(27)25-15-8-5-9-16(10-15)26-21-18-17(11-22-20(18)23-12-24-21)19(28)14-6-3-2-4-7-14/h2-12H,1H3,(H,25,27)(H2,22,23,24,26). The van der Waals surface area contributed by atoms with Gasteiger partial charge in [0.2, 0.25) is 5.91 Å². The molecule has 3 N–H and O–H groups in total. The third kappa shape index (κ3) is 3.45. The Bertz CT molecular complexity index is 1170. The maximum atomic E-state index is 13.0. The molecule has 2 aromatic heterocycles. The van der Waals surface area contributed by atoms with E-state index in [4.69, 9.17) is 0 Å². The van der Waals surface area contributed by atoms with E-state index in [1.165, 1.54) is 13.3 Å². The van der Waals surface area contributed by atoms with Crippen molar-refractivity contribution in [3.05, 3.63) is 78.2 Å². The molecule has 1 amide bonds. The van der Waals surface area contributed by atoms with Gasteiger partial charge >= 0.3 is 0 Å². The van der Waals surface area contributed by atoms with Crippen LogP contribution in [0.5, 0.6) is 0 Å². The first kappa shape index (κ1) is 17.4. The number of benzene rings is 2. The molecule has 0 bridgehead atoms. The molecule has 0 aliphatic heterocycles. The van der Waals surface area contributed by atoms with E-state index in [-0.39, 0.29) is 11.7 Å². The molecule has 0 radical (unpaired) electrons. The van der Waals surface area contributed by atoms with Crippen LogP contribution in [0, 0.1) is 0 Å².